The van der Waals surface area contributed by atoms with E-state index in [1.165, 1.54) is 16.5 Å². The molecule has 0 saturated carbocycles. The number of hydrogen-bond donors (Lipinski definition) is 1. The van der Waals surface area contributed by atoms with E-state index < -0.39 is 0 Å². The SMILES string of the molecule is Cc1ccc([N+](=O)[O-])c(NC2CCCc3sccc32)n1. The summed E-state index contributed by atoms with van der Waals surface area (Å²) in [5.74, 6) is 0.374. The maximum Gasteiger partial charge on any atom is 0.311 e. The Kier molecular flexibility index (Phi) is 3.40. The second kappa shape index (κ2) is 5.20. The van der Waals surface area contributed by atoms with Crippen molar-refractivity contribution >= 4 is 22.8 Å². The number of aromatic nitrogens is 1. The number of anilines is 1. The molecule has 0 saturated heterocycles. The Labute approximate surface area is 120 Å². The minimum absolute atomic E-state index is 0.0398. The summed E-state index contributed by atoms with van der Waals surface area (Å²) in [4.78, 5) is 16.4. The van der Waals surface area contributed by atoms with Crippen molar-refractivity contribution < 1.29 is 4.92 Å². The Morgan fingerprint density at radius 3 is 3.10 bits per heavy atom. The molecule has 0 spiro atoms. The van der Waals surface area contributed by atoms with E-state index >= 15 is 0 Å². The van der Waals surface area contributed by atoms with Crippen molar-refractivity contribution in [1.29, 1.82) is 0 Å². The summed E-state index contributed by atoms with van der Waals surface area (Å²) in [6.07, 6.45) is 3.19. The zero-order chi connectivity index (χ0) is 14.1. The summed E-state index contributed by atoms with van der Waals surface area (Å²) in [7, 11) is 0. The molecule has 1 atom stereocenters. The average Bonchev–Trinajstić information content (AvgIpc) is 2.88. The summed E-state index contributed by atoms with van der Waals surface area (Å²) >= 11 is 1.76. The van der Waals surface area contributed by atoms with Gasteiger partial charge in [0.2, 0.25) is 5.82 Å². The van der Waals surface area contributed by atoms with Crippen LogP contribution in [0.15, 0.2) is 23.6 Å². The number of aryl methyl sites for hydroxylation is 2. The van der Waals surface area contributed by atoms with Gasteiger partial charge in [-0.1, -0.05) is 0 Å². The number of thiophene rings is 1. The van der Waals surface area contributed by atoms with Crippen LogP contribution in [0.1, 0.15) is 35.0 Å². The first-order chi connectivity index (χ1) is 9.65. The lowest BCUT2D eigenvalue weighted by Gasteiger charge is -2.24. The minimum atomic E-state index is -0.383. The van der Waals surface area contributed by atoms with Gasteiger partial charge >= 0.3 is 5.69 Å². The third-order valence-corrected chi connectivity index (χ3v) is 4.57. The molecule has 0 fully saturated rings. The van der Waals surface area contributed by atoms with E-state index in [2.05, 4.69) is 21.7 Å². The van der Waals surface area contributed by atoms with Crippen LogP contribution in [0.4, 0.5) is 11.5 Å². The quantitative estimate of drug-likeness (QED) is 0.688. The van der Waals surface area contributed by atoms with E-state index in [-0.39, 0.29) is 16.7 Å². The van der Waals surface area contributed by atoms with E-state index in [1.54, 1.807) is 17.4 Å². The Balaban J connectivity index is 1.93. The van der Waals surface area contributed by atoms with E-state index in [0.717, 1.165) is 25.0 Å². The lowest BCUT2D eigenvalue weighted by molar-refractivity contribution is -0.384. The van der Waals surface area contributed by atoms with Crippen LogP contribution < -0.4 is 5.32 Å². The molecule has 2 aromatic heterocycles. The van der Waals surface area contributed by atoms with Crippen molar-refractivity contribution in [3.8, 4) is 0 Å². The smallest absolute Gasteiger partial charge is 0.311 e. The van der Waals surface area contributed by atoms with Gasteiger partial charge in [-0.05, 0) is 49.3 Å². The molecular formula is C14H15N3O2S. The van der Waals surface area contributed by atoms with Crippen molar-refractivity contribution in [3.05, 3.63) is 49.8 Å². The first-order valence-corrected chi connectivity index (χ1v) is 7.48. The maximum atomic E-state index is 11.1. The largest absolute Gasteiger partial charge is 0.357 e. The van der Waals surface area contributed by atoms with Gasteiger partial charge < -0.3 is 5.32 Å². The highest BCUT2D eigenvalue weighted by Crippen LogP contribution is 2.36. The molecule has 0 aromatic carbocycles. The molecule has 1 aliphatic carbocycles. The highest BCUT2D eigenvalue weighted by atomic mass is 32.1. The lowest BCUT2D eigenvalue weighted by Crippen LogP contribution is -2.17. The average molecular weight is 289 g/mol. The molecular weight excluding hydrogens is 274 g/mol. The van der Waals surface area contributed by atoms with Gasteiger partial charge in [-0.2, -0.15) is 0 Å². The fraction of sp³-hybridized carbons (Fsp3) is 0.357. The molecule has 2 aromatic rings. The predicted molar refractivity (Wildman–Crippen MR) is 79.2 cm³/mol. The van der Waals surface area contributed by atoms with Crippen LogP contribution in [0.3, 0.4) is 0 Å². The number of fused-ring (bicyclic) bond motifs is 1. The van der Waals surface area contributed by atoms with Crippen molar-refractivity contribution in [2.24, 2.45) is 0 Å². The lowest BCUT2D eigenvalue weighted by atomic mass is 9.94. The van der Waals surface area contributed by atoms with Crippen LogP contribution in [0.2, 0.25) is 0 Å². The van der Waals surface area contributed by atoms with Gasteiger partial charge in [0, 0.05) is 16.6 Å². The molecule has 20 heavy (non-hydrogen) atoms. The van der Waals surface area contributed by atoms with E-state index in [9.17, 15) is 10.1 Å². The molecule has 1 N–H and O–H groups in total. The third-order valence-electron chi connectivity index (χ3n) is 3.57. The summed E-state index contributed by atoms with van der Waals surface area (Å²) in [6, 6.07) is 5.42. The molecule has 3 rings (SSSR count). The molecule has 6 heteroatoms. The topological polar surface area (TPSA) is 68.1 Å². The zero-order valence-corrected chi connectivity index (χ0v) is 11.9. The number of rotatable bonds is 3. The van der Waals surface area contributed by atoms with Crippen LogP contribution in [-0.4, -0.2) is 9.91 Å². The van der Waals surface area contributed by atoms with Crippen LogP contribution >= 0.6 is 11.3 Å². The first kappa shape index (κ1) is 13.1. The Morgan fingerprint density at radius 1 is 1.45 bits per heavy atom. The van der Waals surface area contributed by atoms with E-state index in [0.29, 0.717) is 5.82 Å². The van der Waals surface area contributed by atoms with Crippen molar-refractivity contribution in [2.45, 2.75) is 32.2 Å². The summed E-state index contributed by atoms with van der Waals surface area (Å²) in [5.41, 5.74) is 2.08. The Bertz CT molecular complexity index is 654. The van der Waals surface area contributed by atoms with Gasteiger partial charge in [0.05, 0.1) is 11.0 Å². The summed E-state index contributed by atoms with van der Waals surface area (Å²) < 4.78 is 0. The number of nitro groups is 1. The molecule has 0 aliphatic heterocycles. The number of hydrogen-bond acceptors (Lipinski definition) is 5. The summed E-state index contributed by atoms with van der Waals surface area (Å²) in [5, 5.41) is 16.5. The molecule has 1 unspecified atom stereocenters. The Hall–Kier alpha value is -1.95. The molecule has 0 radical (unpaired) electrons. The maximum absolute atomic E-state index is 11.1. The molecule has 104 valence electrons. The number of pyridine rings is 1. The van der Waals surface area contributed by atoms with Gasteiger partial charge in [0.1, 0.15) is 0 Å². The van der Waals surface area contributed by atoms with Gasteiger partial charge in [0.25, 0.3) is 0 Å². The number of nitrogens with one attached hydrogen (secondary N) is 1. The normalized spacial score (nSPS) is 17.6. The third kappa shape index (κ3) is 2.38. The van der Waals surface area contributed by atoms with Crippen molar-refractivity contribution in [3.63, 3.8) is 0 Å². The molecule has 1 aliphatic rings. The predicted octanol–water partition coefficient (Wildman–Crippen LogP) is 3.85. The van der Waals surface area contributed by atoms with Gasteiger partial charge in [-0.15, -0.1) is 11.3 Å². The van der Waals surface area contributed by atoms with Crippen molar-refractivity contribution in [2.75, 3.05) is 5.32 Å². The summed E-state index contributed by atoms with van der Waals surface area (Å²) in [6.45, 7) is 1.84. The molecule has 5 nitrogen and oxygen atoms in total. The van der Waals surface area contributed by atoms with Crippen LogP contribution in [0.5, 0.6) is 0 Å². The molecule has 2 heterocycles. The second-order valence-corrected chi connectivity index (χ2v) is 5.97. The van der Waals surface area contributed by atoms with Crippen LogP contribution in [0, 0.1) is 17.0 Å². The van der Waals surface area contributed by atoms with Gasteiger partial charge in [0.15, 0.2) is 0 Å². The standard InChI is InChI=1S/C14H15N3O2S/c1-9-5-6-12(17(18)19)14(15-9)16-11-3-2-4-13-10(11)7-8-20-13/h5-8,11H,2-4H2,1H3,(H,15,16). The highest BCUT2D eigenvalue weighted by Gasteiger charge is 2.24. The van der Waals surface area contributed by atoms with Crippen molar-refractivity contribution in [1.82, 2.24) is 4.98 Å². The fourth-order valence-electron chi connectivity index (χ4n) is 2.60. The second-order valence-electron chi connectivity index (χ2n) is 4.97. The Morgan fingerprint density at radius 2 is 2.30 bits per heavy atom. The van der Waals surface area contributed by atoms with Gasteiger partial charge in [-0.25, -0.2) is 4.98 Å². The number of nitrogens with zero attached hydrogens (tertiary/aromatic N) is 2. The van der Waals surface area contributed by atoms with E-state index in [1.807, 2.05) is 6.92 Å². The van der Waals surface area contributed by atoms with Crippen LogP contribution in [-0.2, 0) is 6.42 Å². The molecule has 0 amide bonds. The van der Waals surface area contributed by atoms with Gasteiger partial charge in [-0.3, -0.25) is 10.1 Å². The van der Waals surface area contributed by atoms with E-state index in [4.69, 9.17) is 0 Å². The monoisotopic (exact) mass is 289 g/mol. The zero-order valence-electron chi connectivity index (χ0n) is 11.1. The minimum Gasteiger partial charge on any atom is -0.357 e. The first-order valence-electron chi connectivity index (χ1n) is 6.60. The highest BCUT2D eigenvalue weighted by molar-refractivity contribution is 7.10. The fourth-order valence-corrected chi connectivity index (χ4v) is 3.59. The van der Waals surface area contributed by atoms with Crippen LogP contribution in [0.25, 0.3) is 0 Å². The molecule has 0 bridgehead atoms.